The first-order valence-corrected chi connectivity index (χ1v) is 13.7. The summed E-state index contributed by atoms with van der Waals surface area (Å²) in [5.41, 5.74) is 2.56. The quantitative estimate of drug-likeness (QED) is 0.342. The first-order chi connectivity index (χ1) is 16.4. The summed E-state index contributed by atoms with van der Waals surface area (Å²) in [7, 11) is -2.32. The molecule has 0 aliphatic heterocycles. The van der Waals surface area contributed by atoms with Crippen LogP contribution in [0.3, 0.4) is 0 Å². The molecule has 194 valence electrons. The second-order valence-corrected chi connectivity index (χ2v) is 11.7. The second-order valence-electron chi connectivity index (χ2n) is 9.73. The molecule has 0 radical (unpaired) electrons. The number of likely N-dealkylation sites (N-methyl/N-ethyl adjacent to an activating group) is 1. The molecule has 0 aromatic heterocycles. The third kappa shape index (κ3) is 9.37. The van der Waals surface area contributed by atoms with E-state index in [1.54, 1.807) is 18.2 Å². The molecule has 2 rings (SSSR count). The van der Waals surface area contributed by atoms with Crippen LogP contribution in [0.25, 0.3) is 0 Å². The number of β-amino-alcohol motifs (C(OH)–C–C–N with tert-alkyl or cyclic N) is 1. The van der Waals surface area contributed by atoms with Gasteiger partial charge in [0.05, 0.1) is 11.0 Å². The summed E-state index contributed by atoms with van der Waals surface area (Å²) < 4.78 is 27.6. The molecule has 0 aliphatic rings. The number of rotatable bonds is 15. The first kappa shape index (κ1) is 29.0. The third-order valence-corrected chi connectivity index (χ3v) is 8.14. The van der Waals surface area contributed by atoms with Gasteiger partial charge in [0, 0.05) is 32.1 Å². The number of benzene rings is 2. The number of carboxylic acids is 1. The van der Waals surface area contributed by atoms with Crippen molar-refractivity contribution in [1.29, 1.82) is 0 Å². The van der Waals surface area contributed by atoms with Gasteiger partial charge in [-0.1, -0.05) is 49.4 Å². The van der Waals surface area contributed by atoms with Crippen LogP contribution in [-0.4, -0.2) is 60.7 Å². The van der Waals surface area contributed by atoms with Crippen LogP contribution in [0.1, 0.15) is 56.7 Å². The number of nitrogens with one attached hydrogen (secondary N) is 1. The molecule has 0 spiro atoms. The Hall–Kier alpha value is -2.26. The molecule has 8 heteroatoms. The molecule has 1 unspecified atom stereocenters. The summed E-state index contributed by atoms with van der Waals surface area (Å²) in [5, 5.41) is 22.8. The fourth-order valence-electron chi connectivity index (χ4n) is 4.06. The Labute approximate surface area is 210 Å². The van der Waals surface area contributed by atoms with E-state index in [0.29, 0.717) is 18.4 Å². The summed E-state index contributed by atoms with van der Waals surface area (Å²) in [6.07, 6.45) is 2.92. The van der Waals surface area contributed by atoms with E-state index in [9.17, 15) is 18.3 Å². The molecule has 0 bridgehead atoms. The van der Waals surface area contributed by atoms with Gasteiger partial charge in [-0.2, -0.15) is 4.31 Å². The standard InChI is InChI=1S/C27H40N2O5S/c1-5-23-18-22(14-16-26(31)32)13-15-25(23)35(33,34)29(4)20-24(30)19-28-27(2,3)17-9-12-21-10-7-6-8-11-21/h6-8,10-11,13,15,18,24,28,30H,5,9,12,14,16-17,19-20H2,1-4H3,(H,31,32). The summed E-state index contributed by atoms with van der Waals surface area (Å²) >= 11 is 0. The van der Waals surface area contributed by atoms with Crippen molar-refractivity contribution < 1.29 is 23.4 Å². The average Bonchev–Trinajstić information content (AvgIpc) is 2.81. The molecule has 2 aromatic carbocycles. The number of carboxylic acid groups (broad SMARTS) is 1. The topological polar surface area (TPSA) is 107 Å². The highest BCUT2D eigenvalue weighted by atomic mass is 32.2. The fourth-order valence-corrected chi connectivity index (χ4v) is 5.54. The summed E-state index contributed by atoms with van der Waals surface area (Å²) in [6.45, 7) is 6.30. The van der Waals surface area contributed by atoms with Gasteiger partial charge in [0.1, 0.15) is 0 Å². The van der Waals surface area contributed by atoms with Crippen molar-refractivity contribution in [2.75, 3.05) is 20.1 Å². The third-order valence-electron chi connectivity index (χ3n) is 6.22. The molecule has 0 heterocycles. The SMILES string of the molecule is CCc1cc(CCC(=O)O)ccc1S(=O)(=O)N(C)CC(O)CNC(C)(C)CCCc1ccccc1. The second kappa shape index (κ2) is 13.2. The Morgan fingerprint density at radius 3 is 2.40 bits per heavy atom. The van der Waals surface area contributed by atoms with E-state index >= 15 is 0 Å². The molecule has 2 aromatic rings. The van der Waals surface area contributed by atoms with E-state index in [2.05, 4.69) is 31.3 Å². The molecular weight excluding hydrogens is 464 g/mol. The summed E-state index contributed by atoms with van der Waals surface area (Å²) in [4.78, 5) is 11.0. The maximum absolute atomic E-state index is 13.2. The highest BCUT2D eigenvalue weighted by Gasteiger charge is 2.26. The maximum Gasteiger partial charge on any atom is 0.303 e. The molecular formula is C27H40N2O5S. The number of hydrogen-bond acceptors (Lipinski definition) is 5. The van der Waals surface area contributed by atoms with Crippen molar-refractivity contribution in [3.63, 3.8) is 0 Å². The van der Waals surface area contributed by atoms with E-state index in [0.717, 1.165) is 24.8 Å². The Bertz CT molecular complexity index is 1050. The molecule has 3 N–H and O–H groups in total. The molecule has 0 amide bonds. The van der Waals surface area contributed by atoms with Crippen molar-refractivity contribution in [3.8, 4) is 0 Å². The van der Waals surface area contributed by atoms with Crippen LogP contribution in [0.4, 0.5) is 0 Å². The van der Waals surface area contributed by atoms with Gasteiger partial charge in [-0.05, 0) is 68.7 Å². The zero-order valence-corrected chi connectivity index (χ0v) is 22.1. The Morgan fingerprint density at radius 2 is 1.77 bits per heavy atom. The number of nitrogens with zero attached hydrogens (tertiary/aromatic N) is 1. The van der Waals surface area contributed by atoms with E-state index in [1.165, 1.54) is 16.9 Å². The molecule has 0 saturated carbocycles. The number of aryl methyl sites for hydroxylation is 3. The van der Waals surface area contributed by atoms with Crippen LogP contribution >= 0.6 is 0 Å². The van der Waals surface area contributed by atoms with E-state index < -0.39 is 22.1 Å². The van der Waals surface area contributed by atoms with Gasteiger partial charge < -0.3 is 15.5 Å². The average molecular weight is 505 g/mol. The van der Waals surface area contributed by atoms with Gasteiger partial charge in [0.2, 0.25) is 10.0 Å². The van der Waals surface area contributed by atoms with Crippen LogP contribution in [0.5, 0.6) is 0 Å². The van der Waals surface area contributed by atoms with Crippen molar-refractivity contribution in [2.24, 2.45) is 0 Å². The number of aliphatic hydroxyl groups excluding tert-OH is 1. The van der Waals surface area contributed by atoms with E-state index in [-0.39, 0.29) is 29.9 Å². The first-order valence-electron chi connectivity index (χ1n) is 12.2. The van der Waals surface area contributed by atoms with Crippen LogP contribution in [-0.2, 0) is 34.1 Å². The van der Waals surface area contributed by atoms with Gasteiger partial charge in [0.25, 0.3) is 0 Å². The van der Waals surface area contributed by atoms with Crippen molar-refractivity contribution in [3.05, 3.63) is 65.2 Å². The molecule has 35 heavy (non-hydrogen) atoms. The van der Waals surface area contributed by atoms with Crippen molar-refractivity contribution in [2.45, 2.75) is 75.8 Å². The monoisotopic (exact) mass is 504 g/mol. The number of hydrogen-bond donors (Lipinski definition) is 3. The minimum absolute atomic E-state index is 0.00303. The lowest BCUT2D eigenvalue weighted by molar-refractivity contribution is -0.136. The molecule has 0 fully saturated rings. The zero-order valence-electron chi connectivity index (χ0n) is 21.3. The van der Waals surface area contributed by atoms with Crippen molar-refractivity contribution >= 4 is 16.0 Å². The molecule has 0 saturated heterocycles. The van der Waals surface area contributed by atoms with Gasteiger partial charge >= 0.3 is 5.97 Å². The summed E-state index contributed by atoms with van der Waals surface area (Å²) in [6, 6.07) is 15.3. The Balaban J connectivity index is 1.91. The van der Waals surface area contributed by atoms with Gasteiger partial charge in [-0.3, -0.25) is 4.79 Å². The number of aliphatic carboxylic acids is 1. The van der Waals surface area contributed by atoms with Gasteiger partial charge in [0.15, 0.2) is 0 Å². The Morgan fingerprint density at radius 1 is 1.09 bits per heavy atom. The Kier molecular flexibility index (Phi) is 10.9. The maximum atomic E-state index is 13.2. The highest BCUT2D eigenvalue weighted by molar-refractivity contribution is 7.89. The van der Waals surface area contributed by atoms with E-state index in [4.69, 9.17) is 5.11 Å². The number of sulfonamides is 1. The molecule has 0 aliphatic carbocycles. The lowest BCUT2D eigenvalue weighted by Crippen LogP contribution is -2.46. The predicted molar refractivity (Wildman–Crippen MR) is 139 cm³/mol. The molecule has 1 atom stereocenters. The lowest BCUT2D eigenvalue weighted by atomic mass is 9.95. The largest absolute Gasteiger partial charge is 0.481 e. The van der Waals surface area contributed by atoms with Crippen LogP contribution in [0, 0.1) is 0 Å². The fraction of sp³-hybridized carbons (Fsp3) is 0.519. The van der Waals surface area contributed by atoms with Crippen LogP contribution < -0.4 is 5.32 Å². The minimum atomic E-state index is -3.79. The number of carbonyl (C=O) groups is 1. The van der Waals surface area contributed by atoms with Crippen LogP contribution in [0.2, 0.25) is 0 Å². The normalized spacial score (nSPS) is 13.2. The highest BCUT2D eigenvalue weighted by Crippen LogP contribution is 2.23. The zero-order chi connectivity index (χ0) is 26.1. The van der Waals surface area contributed by atoms with Crippen LogP contribution in [0.15, 0.2) is 53.4 Å². The number of aliphatic hydroxyl groups is 1. The van der Waals surface area contributed by atoms with E-state index in [1.807, 2.05) is 25.1 Å². The summed E-state index contributed by atoms with van der Waals surface area (Å²) in [5.74, 6) is -0.888. The van der Waals surface area contributed by atoms with Gasteiger partial charge in [-0.25, -0.2) is 8.42 Å². The van der Waals surface area contributed by atoms with Crippen molar-refractivity contribution in [1.82, 2.24) is 9.62 Å². The van der Waals surface area contributed by atoms with Gasteiger partial charge in [-0.15, -0.1) is 0 Å². The minimum Gasteiger partial charge on any atom is -0.481 e. The molecule has 7 nitrogen and oxygen atoms in total. The smallest absolute Gasteiger partial charge is 0.303 e. The lowest BCUT2D eigenvalue weighted by Gasteiger charge is -2.29. The predicted octanol–water partition coefficient (Wildman–Crippen LogP) is 3.64.